The van der Waals surface area contributed by atoms with Gasteiger partial charge in [-0.15, -0.1) is 5.10 Å². The van der Waals surface area contributed by atoms with E-state index in [0.717, 1.165) is 5.46 Å². The van der Waals surface area contributed by atoms with Crippen LogP contribution in [0.5, 0.6) is 0 Å². The summed E-state index contributed by atoms with van der Waals surface area (Å²) >= 11 is 6.10. The maximum absolute atomic E-state index is 6.14. The van der Waals surface area contributed by atoms with Crippen molar-refractivity contribution in [2.45, 2.75) is 38.9 Å². The van der Waals surface area contributed by atoms with Gasteiger partial charge in [-0.3, -0.25) is 0 Å². The highest BCUT2D eigenvalue weighted by atomic mass is 35.5. The molecule has 4 rings (SSSR count). The molecule has 0 atom stereocenters. The van der Waals surface area contributed by atoms with Gasteiger partial charge in [0.1, 0.15) is 5.82 Å². The molecule has 2 N–H and O–H groups in total. The van der Waals surface area contributed by atoms with Gasteiger partial charge in [-0.05, 0) is 62.4 Å². The molecule has 0 bridgehead atoms. The van der Waals surface area contributed by atoms with Crippen molar-refractivity contribution in [3.8, 4) is 17.1 Å². The number of nitrogen functional groups attached to an aromatic ring is 1. The topological polar surface area (TPSA) is 101 Å². The number of aromatic nitrogens is 5. The van der Waals surface area contributed by atoms with Crippen molar-refractivity contribution in [3.05, 3.63) is 41.6 Å². The van der Waals surface area contributed by atoms with Crippen LogP contribution in [0.25, 0.3) is 17.1 Å². The Labute approximate surface area is 168 Å². The van der Waals surface area contributed by atoms with Crippen LogP contribution >= 0.6 is 11.6 Å². The van der Waals surface area contributed by atoms with Crippen LogP contribution in [-0.2, 0) is 9.31 Å². The lowest BCUT2D eigenvalue weighted by atomic mass is 9.79. The molecule has 144 valence electrons. The SMILES string of the molecule is CC1(C)OB(c2cnc(N)c(-c3nnnn3-c3cccc(Cl)c3)c2)OC1(C)C. The Morgan fingerprint density at radius 2 is 1.82 bits per heavy atom. The first-order valence-corrected chi connectivity index (χ1v) is 9.21. The van der Waals surface area contributed by atoms with E-state index in [1.165, 1.54) is 0 Å². The number of halogens is 1. The number of hydrogen-bond donors (Lipinski definition) is 1. The molecule has 10 heteroatoms. The highest BCUT2D eigenvalue weighted by Gasteiger charge is 2.52. The Kier molecular flexibility index (Phi) is 4.41. The summed E-state index contributed by atoms with van der Waals surface area (Å²) in [5, 5.41) is 12.6. The first-order chi connectivity index (χ1) is 13.2. The van der Waals surface area contributed by atoms with E-state index in [9.17, 15) is 0 Å². The first kappa shape index (κ1) is 18.9. The van der Waals surface area contributed by atoms with E-state index in [1.54, 1.807) is 23.0 Å². The molecule has 2 aromatic heterocycles. The van der Waals surface area contributed by atoms with Crippen molar-refractivity contribution >= 4 is 30.0 Å². The van der Waals surface area contributed by atoms with Crippen molar-refractivity contribution < 1.29 is 9.31 Å². The zero-order valence-electron chi connectivity index (χ0n) is 16.0. The molecule has 28 heavy (non-hydrogen) atoms. The molecule has 3 heterocycles. The monoisotopic (exact) mass is 398 g/mol. The van der Waals surface area contributed by atoms with E-state index < -0.39 is 18.3 Å². The number of tetrazole rings is 1. The summed E-state index contributed by atoms with van der Waals surface area (Å²) in [7, 11) is -0.563. The molecule has 0 amide bonds. The van der Waals surface area contributed by atoms with Crippen molar-refractivity contribution in [3.63, 3.8) is 0 Å². The molecule has 1 aliphatic heterocycles. The molecule has 1 aliphatic rings. The number of anilines is 1. The van der Waals surface area contributed by atoms with Crippen LogP contribution in [0.15, 0.2) is 36.5 Å². The predicted octanol–water partition coefficient (Wildman–Crippen LogP) is 2.26. The lowest BCUT2D eigenvalue weighted by Gasteiger charge is -2.32. The fourth-order valence-corrected chi connectivity index (χ4v) is 3.10. The average Bonchev–Trinajstić information content (AvgIpc) is 3.18. The summed E-state index contributed by atoms with van der Waals surface area (Å²) in [6, 6.07) is 9.07. The normalized spacial score (nSPS) is 17.8. The van der Waals surface area contributed by atoms with Gasteiger partial charge < -0.3 is 15.0 Å². The van der Waals surface area contributed by atoms with E-state index in [2.05, 4.69) is 20.5 Å². The second-order valence-corrected chi connectivity index (χ2v) is 8.12. The number of benzene rings is 1. The van der Waals surface area contributed by atoms with Gasteiger partial charge in [0.2, 0.25) is 0 Å². The molecule has 0 spiro atoms. The second kappa shape index (κ2) is 6.54. The number of nitrogens with two attached hydrogens (primary N) is 1. The molecular weight excluding hydrogens is 379 g/mol. The third kappa shape index (κ3) is 3.15. The fourth-order valence-electron chi connectivity index (χ4n) is 2.92. The maximum Gasteiger partial charge on any atom is 0.496 e. The van der Waals surface area contributed by atoms with Crippen molar-refractivity contribution in [1.82, 2.24) is 25.2 Å². The molecule has 1 fully saturated rings. The molecule has 0 saturated carbocycles. The Morgan fingerprint density at radius 3 is 2.50 bits per heavy atom. The largest absolute Gasteiger partial charge is 0.496 e. The molecule has 0 unspecified atom stereocenters. The van der Waals surface area contributed by atoms with Crippen LogP contribution in [0, 0.1) is 0 Å². The second-order valence-electron chi connectivity index (χ2n) is 7.68. The van der Waals surface area contributed by atoms with Crippen LogP contribution in [0.1, 0.15) is 27.7 Å². The summed E-state index contributed by atoms with van der Waals surface area (Å²) in [5.74, 6) is 0.754. The average molecular weight is 399 g/mol. The minimum Gasteiger partial charge on any atom is -0.399 e. The Balaban J connectivity index is 1.75. The maximum atomic E-state index is 6.14. The third-order valence-electron chi connectivity index (χ3n) is 5.23. The van der Waals surface area contributed by atoms with Gasteiger partial charge in [-0.1, -0.05) is 17.7 Å². The zero-order valence-corrected chi connectivity index (χ0v) is 16.8. The van der Waals surface area contributed by atoms with Gasteiger partial charge in [0, 0.05) is 16.7 Å². The van der Waals surface area contributed by atoms with Gasteiger partial charge in [0.05, 0.1) is 22.5 Å². The number of hydrogen-bond acceptors (Lipinski definition) is 7. The zero-order chi connectivity index (χ0) is 20.1. The van der Waals surface area contributed by atoms with E-state index in [1.807, 2.05) is 45.9 Å². The van der Waals surface area contributed by atoms with Crippen molar-refractivity contribution in [2.24, 2.45) is 0 Å². The summed E-state index contributed by atoms with van der Waals surface area (Å²) in [5.41, 5.74) is 7.26. The van der Waals surface area contributed by atoms with Crippen LogP contribution < -0.4 is 11.2 Å². The lowest BCUT2D eigenvalue weighted by molar-refractivity contribution is 0.00578. The van der Waals surface area contributed by atoms with Crippen LogP contribution in [0.4, 0.5) is 5.82 Å². The van der Waals surface area contributed by atoms with E-state index >= 15 is 0 Å². The van der Waals surface area contributed by atoms with E-state index in [0.29, 0.717) is 27.9 Å². The smallest absolute Gasteiger partial charge is 0.399 e. The Morgan fingerprint density at radius 1 is 1.11 bits per heavy atom. The predicted molar refractivity (Wildman–Crippen MR) is 108 cm³/mol. The Hall–Kier alpha value is -2.49. The molecule has 0 aliphatic carbocycles. The molecular formula is C18H20BClN6O2. The van der Waals surface area contributed by atoms with Gasteiger partial charge in [-0.25, -0.2) is 4.98 Å². The summed E-state index contributed by atoms with van der Waals surface area (Å²) in [4.78, 5) is 4.31. The van der Waals surface area contributed by atoms with Crippen LogP contribution in [0.2, 0.25) is 5.02 Å². The highest BCUT2D eigenvalue weighted by molar-refractivity contribution is 6.62. The number of rotatable bonds is 3. The molecule has 8 nitrogen and oxygen atoms in total. The molecule has 3 aromatic rings. The van der Waals surface area contributed by atoms with Gasteiger partial charge in [0.15, 0.2) is 5.82 Å². The van der Waals surface area contributed by atoms with E-state index in [4.69, 9.17) is 26.6 Å². The molecule has 0 radical (unpaired) electrons. The molecule has 1 aromatic carbocycles. The number of nitrogens with zero attached hydrogens (tertiary/aromatic N) is 5. The minimum absolute atomic E-state index is 0.304. The fraction of sp³-hybridized carbons (Fsp3) is 0.333. The van der Waals surface area contributed by atoms with Crippen molar-refractivity contribution in [2.75, 3.05) is 5.73 Å². The van der Waals surface area contributed by atoms with Gasteiger partial charge >= 0.3 is 7.12 Å². The summed E-state index contributed by atoms with van der Waals surface area (Å²) in [6.45, 7) is 7.99. The molecule has 1 saturated heterocycles. The van der Waals surface area contributed by atoms with Gasteiger partial charge in [0.25, 0.3) is 0 Å². The van der Waals surface area contributed by atoms with Gasteiger partial charge in [-0.2, -0.15) is 4.68 Å². The summed E-state index contributed by atoms with van der Waals surface area (Å²) < 4.78 is 13.8. The van der Waals surface area contributed by atoms with Crippen LogP contribution in [0.3, 0.4) is 0 Å². The van der Waals surface area contributed by atoms with Crippen molar-refractivity contribution in [1.29, 1.82) is 0 Å². The quantitative estimate of drug-likeness (QED) is 0.675. The number of pyridine rings is 1. The van der Waals surface area contributed by atoms with Crippen LogP contribution in [-0.4, -0.2) is 43.5 Å². The first-order valence-electron chi connectivity index (χ1n) is 8.84. The highest BCUT2D eigenvalue weighted by Crippen LogP contribution is 2.36. The standard InChI is InChI=1S/C18H20BClN6O2/c1-17(2)18(3,4)28-19(27-17)11-8-14(15(21)22-10-11)16-23-24-25-26(16)13-7-5-6-12(20)9-13/h5-10H,1-4H3,(H2,21,22). The minimum atomic E-state index is -0.563. The van der Waals surface area contributed by atoms with E-state index in [-0.39, 0.29) is 0 Å². The third-order valence-corrected chi connectivity index (χ3v) is 5.46. The Bertz CT molecular complexity index is 1020. The lowest BCUT2D eigenvalue weighted by Crippen LogP contribution is -2.41. The summed E-state index contributed by atoms with van der Waals surface area (Å²) in [6.07, 6.45) is 1.65.